The summed E-state index contributed by atoms with van der Waals surface area (Å²) >= 11 is 1.43. The van der Waals surface area contributed by atoms with Gasteiger partial charge in [-0.3, -0.25) is 0 Å². The van der Waals surface area contributed by atoms with Gasteiger partial charge in [-0.25, -0.2) is 4.39 Å². The maximum atomic E-state index is 12.2. The van der Waals surface area contributed by atoms with Gasteiger partial charge in [0.2, 0.25) is 0 Å². The van der Waals surface area contributed by atoms with Crippen LogP contribution in [0.1, 0.15) is 0 Å². The summed E-state index contributed by atoms with van der Waals surface area (Å²) in [7, 11) is 0. The first-order chi connectivity index (χ1) is 4.22. The molecule has 0 aliphatic heterocycles. The number of thioether (sulfide) groups is 1. The number of hydrogen-bond acceptors (Lipinski definition) is 1. The van der Waals surface area contributed by atoms with Gasteiger partial charge in [0, 0.05) is 5.57 Å². The highest BCUT2D eigenvalue weighted by Gasteiger charge is 1.92. The van der Waals surface area contributed by atoms with E-state index in [0.717, 1.165) is 0 Å². The van der Waals surface area contributed by atoms with Crippen LogP contribution in [0.15, 0.2) is 36.0 Å². The molecule has 0 aromatic carbocycles. The van der Waals surface area contributed by atoms with Crippen LogP contribution >= 0.6 is 11.8 Å². The fourth-order valence-electron chi connectivity index (χ4n) is 0.350. The normalized spacial score (nSPS) is 11.1. The lowest BCUT2D eigenvalue weighted by Crippen LogP contribution is -1.72. The van der Waals surface area contributed by atoms with Crippen LogP contribution in [0.4, 0.5) is 4.39 Å². The van der Waals surface area contributed by atoms with Crippen LogP contribution in [0.2, 0.25) is 0 Å². The maximum Gasteiger partial charge on any atom is 0.123 e. The van der Waals surface area contributed by atoms with Gasteiger partial charge in [-0.15, -0.1) is 11.8 Å². The van der Waals surface area contributed by atoms with Gasteiger partial charge in [0.05, 0.1) is 0 Å². The predicted molar refractivity (Wildman–Crippen MR) is 42.0 cm³/mol. The molecular weight excluding hydrogens is 135 g/mol. The molecular formula is C7H9FS. The molecule has 0 heterocycles. The van der Waals surface area contributed by atoms with Crippen molar-refractivity contribution in [3.05, 3.63) is 36.0 Å². The van der Waals surface area contributed by atoms with E-state index in [-0.39, 0.29) is 0 Å². The zero-order valence-electron chi connectivity index (χ0n) is 5.36. The Labute approximate surface area is 59.1 Å². The standard InChI is InChI=1S/C7H9FS/c1-4-7(5-9-3)6(2)8/h4-5H,1-2H2,3H3/b7-5-. The number of halogens is 1. The van der Waals surface area contributed by atoms with Gasteiger partial charge in [-0.05, 0) is 11.7 Å². The van der Waals surface area contributed by atoms with Gasteiger partial charge in [0.1, 0.15) is 5.83 Å². The Morgan fingerprint density at radius 3 is 2.33 bits per heavy atom. The van der Waals surface area contributed by atoms with Crippen LogP contribution in [-0.2, 0) is 0 Å². The lowest BCUT2D eigenvalue weighted by molar-refractivity contribution is 0.662. The first-order valence-corrected chi connectivity index (χ1v) is 3.71. The van der Waals surface area contributed by atoms with E-state index in [1.165, 1.54) is 17.8 Å². The molecule has 0 saturated heterocycles. The first kappa shape index (κ1) is 8.50. The lowest BCUT2D eigenvalue weighted by atomic mass is 10.3. The zero-order valence-corrected chi connectivity index (χ0v) is 6.17. The molecule has 0 amide bonds. The summed E-state index contributed by atoms with van der Waals surface area (Å²) in [5.74, 6) is -0.431. The molecule has 0 aromatic rings. The van der Waals surface area contributed by atoms with E-state index >= 15 is 0 Å². The Morgan fingerprint density at radius 1 is 1.67 bits per heavy atom. The SMILES string of the molecule is C=C/C(=C/SC)C(=C)F. The van der Waals surface area contributed by atoms with Gasteiger partial charge in [-0.1, -0.05) is 19.2 Å². The van der Waals surface area contributed by atoms with Crippen molar-refractivity contribution >= 4 is 11.8 Å². The summed E-state index contributed by atoms with van der Waals surface area (Å²) < 4.78 is 12.2. The third-order valence-corrected chi connectivity index (χ3v) is 1.27. The van der Waals surface area contributed by atoms with E-state index in [4.69, 9.17) is 0 Å². The Balaban J connectivity index is 4.14. The summed E-state index contributed by atoms with van der Waals surface area (Å²) in [6, 6.07) is 0. The van der Waals surface area contributed by atoms with Crippen molar-refractivity contribution < 1.29 is 4.39 Å². The summed E-state index contributed by atoms with van der Waals surface area (Å²) in [6.07, 6.45) is 3.30. The van der Waals surface area contributed by atoms with Crippen LogP contribution in [0, 0.1) is 0 Å². The molecule has 0 aromatic heterocycles. The highest BCUT2D eigenvalue weighted by Crippen LogP contribution is 2.13. The summed E-state index contributed by atoms with van der Waals surface area (Å²) in [5, 5.41) is 1.66. The van der Waals surface area contributed by atoms with Crippen molar-refractivity contribution in [1.29, 1.82) is 0 Å². The molecule has 0 aliphatic rings. The van der Waals surface area contributed by atoms with Crippen LogP contribution in [0.5, 0.6) is 0 Å². The van der Waals surface area contributed by atoms with Crippen molar-refractivity contribution in [1.82, 2.24) is 0 Å². The first-order valence-electron chi connectivity index (χ1n) is 2.42. The second-order valence-electron chi connectivity index (χ2n) is 1.42. The van der Waals surface area contributed by atoms with Crippen LogP contribution in [0.25, 0.3) is 0 Å². The fraction of sp³-hybridized carbons (Fsp3) is 0.143. The van der Waals surface area contributed by atoms with E-state index in [1.54, 1.807) is 5.41 Å². The van der Waals surface area contributed by atoms with E-state index < -0.39 is 5.83 Å². The zero-order chi connectivity index (χ0) is 7.28. The molecule has 0 radical (unpaired) electrons. The summed E-state index contributed by atoms with van der Waals surface area (Å²) in [5.41, 5.74) is 0.461. The average molecular weight is 144 g/mol. The molecule has 0 nitrogen and oxygen atoms in total. The van der Waals surface area contributed by atoms with Crippen molar-refractivity contribution in [2.75, 3.05) is 6.26 Å². The smallest absolute Gasteiger partial charge is 0.123 e. The van der Waals surface area contributed by atoms with Crippen LogP contribution in [0.3, 0.4) is 0 Å². The third kappa shape index (κ3) is 3.14. The Kier molecular flexibility index (Phi) is 4.14. The molecule has 0 aliphatic carbocycles. The molecule has 0 saturated carbocycles. The molecule has 0 atom stereocenters. The van der Waals surface area contributed by atoms with E-state index in [9.17, 15) is 4.39 Å². The molecule has 0 unspecified atom stereocenters. The molecule has 0 N–H and O–H groups in total. The number of hydrogen-bond donors (Lipinski definition) is 0. The summed E-state index contributed by atoms with van der Waals surface area (Å²) in [6.45, 7) is 6.54. The molecule has 0 rings (SSSR count). The minimum absolute atomic E-state index is 0.431. The van der Waals surface area contributed by atoms with Crippen molar-refractivity contribution in [2.24, 2.45) is 0 Å². The second kappa shape index (κ2) is 4.39. The monoisotopic (exact) mass is 144 g/mol. The molecule has 9 heavy (non-hydrogen) atoms. The van der Waals surface area contributed by atoms with Gasteiger partial charge in [0.15, 0.2) is 0 Å². The predicted octanol–water partition coefficient (Wildman–Crippen LogP) is 2.90. The lowest BCUT2D eigenvalue weighted by Gasteiger charge is -1.91. The van der Waals surface area contributed by atoms with E-state index in [0.29, 0.717) is 5.57 Å². The third-order valence-electron chi connectivity index (χ3n) is 0.778. The minimum Gasteiger partial charge on any atom is -0.207 e. The average Bonchev–Trinajstić information content (AvgIpc) is 1.82. The highest BCUT2D eigenvalue weighted by atomic mass is 32.2. The van der Waals surface area contributed by atoms with E-state index in [1.807, 2.05) is 6.26 Å². The molecule has 0 bridgehead atoms. The minimum atomic E-state index is -0.431. The Hall–Kier alpha value is -0.500. The van der Waals surface area contributed by atoms with Gasteiger partial charge < -0.3 is 0 Å². The Bertz CT molecular complexity index is 147. The van der Waals surface area contributed by atoms with Crippen LogP contribution < -0.4 is 0 Å². The maximum absolute atomic E-state index is 12.2. The topological polar surface area (TPSA) is 0 Å². The Morgan fingerprint density at radius 2 is 2.22 bits per heavy atom. The molecule has 50 valence electrons. The van der Waals surface area contributed by atoms with Gasteiger partial charge in [-0.2, -0.15) is 0 Å². The highest BCUT2D eigenvalue weighted by molar-refractivity contribution is 8.01. The van der Waals surface area contributed by atoms with Gasteiger partial charge in [0.25, 0.3) is 0 Å². The van der Waals surface area contributed by atoms with Crippen molar-refractivity contribution in [3.8, 4) is 0 Å². The van der Waals surface area contributed by atoms with E-state index in [2.05, 4.69) is 13.2 Å². The second-order valence-corrected chi connectivity index (χ2v) is 2.13. The molecule has 0 spiro atoms. The number of allylic oxidation sites excluding steroid dienone is 3. The largest absolute Gasteiger partial charge is 0.207 e. The molecule has 2 heteroatoms. The molecule has 0 fully saturated rings. The van der Waals surface area contributed by atoms with Crippen molar-refractivity contribution in [2.45, 2.75) is 0 Å². The fourth-order valence-corrected chi connectivity index (χ4v) is 0.828. The van der Waals surface area contributed by atoms with Crippen molar-refractivity contribution in [3.63, 3.8) is 0 Å². The summed E-state index contributed by atoms with van der Waals surface area (Å²) in [4.78, 5) is 0. The number of rotatable bonds is 3. The quantitative estimate of drug-likeness (QED) is 0.549. The van der Waals surface area contributed by atoms with Crippen LogP contribution in [-0.4, -0.2) is 6.26 Å². The van der Waals surface area contributed by atoms with Gasteiger partial charge >= 0.3 is 0 Å².